The fourth-order valence-corrected chi connectivity index (χ4v) is 4.99. The summed E-state index contributed by atoms with van der Waals surface area (Å²) in [7, 11) is 4.22. The van der Waals surface area contributed by atoms with Gasteiger partial charge in [-0.3, -0.25) is 4.79 Å². The molecule has 0 spiro atoms. The van der Waals surface area contributed by atoms with Gasteiger partial charge in [-0.15, -0.1) is 12.4 Å². The van der Waals surface area contributed by atoms with Crippen molar-refractivity contribution in [2.24, 2.45) is 11.8 Å². The van der Waals surface area contributed by atoms with Gasteiger partial charge in [0.1, 0.15) is 5.82 Å². The van der Waals surface area contributed by atoms with Crippen LogP contribution in [-0.2, 0) is 17.6 Å². The molecule has 2 atom stereocenters. The van der Waals surface area contributed by atoms with Gasteiger partial charge >= 0.3 is 0 Å². The SMILES string of the molecule is Cc1cc(CCCCN(C)C)cc(C)c1N1C[C@@H](Cc2ccccc2F)C[C@@H](C)C1=O.Cl. The minimum Gasteiger partial charge on any atom is -0.311 e. The van der Waals surface area contributed by atoms with Crippen molar-refractivity contribution in [3.8, 4) is 0 Å². The first-order chi connectivity index (χ1) is 14.8. The van der Waals surface area contributed by atoms with E-state index in [0.717, 1.165) is 41.8 Å². The fraction of sp³-hybridized carbons (Fsp3) is 0.519. The van der Waals surface area contributed by atoms with Crippen LogP contribution < -0.4 is 4.90 Å². The summed E-state index contributed by atoms with van der Waals surface area (Å²) in [5.41, 5.74) is 5.46. The molecule has 0 bridgehead atoms. The van der Waals surface area contributed by atoms with Crippen molar-refractivity contribution in [3.63, 3.8) is 0 Å². The molecule has 1 aliphatic rings. The number of rotatable bonds is 8. The number of unbranched alkanes of at least 4 members (excludes halogenated alkanes) is 1. The predicted molar refractivity (Wildman–Crippen MR) is 134 cm³/mol. The standard InChI is InChI=1S/C27H37FN2O.ClH/c1-19-14-22(10-8-9-13-29(4)5)15-20(2)26(19)30-18-23(16-21(3)27(30)31)17-24-11-6-7-12-25(24)28;/h6-7,11-12,14-15,21,23H,8-10,13,16-18H2,1-5H3;1H/t21-,23-;/m1./s1. The highest BCUT2D eigenvalue weighted by Gasteiger charge is 2.34. The Bertz CT molecular complexity index is 891. The predicted octanol–water partition coefficient (Wildman–Crippen LogP) is 5.98. The van der Waals surface area contributed by atoms with Crippen molar-refractivity contribution < 1.29 is 9.18 Å². The zero-order chi connectivity index (χ0) is 22.5. The molecule has 1 aliphatic heterocycles. The molecule has 32 heavy (non-hydrogen) atoms. The highest BCUT2D eigenvalue weighted by Crippen LogP contribution is 2.34. The van der Waals surface area contributed by atoms with E-state index in [1.165, 1.54) is 24.5 Å². The number of amides is 1. The number of hydrogen-bond acceptors (Lipinski definition) is 2. The van der Waals surface area contributed by atoms with E-state index < -0.39 is 0 Å². The molecule has 0 unspecified atom stereocenters. The first kappa shape index (κ1) is 26.3. The minimum absolute atomic E-state index is 0. The summed E-state index contributed by atoms with van der Waals surface area (Å²) in [6.07, 6.45) is 4.90. The van der Waals surface area contributed by atoms with E-state index in [0.29, 0.717) is 13.0 Å². The van der Waals surface area contributed by atoms with Gasteiger partial charge < -0.3 is 9.80 Å². The maximum Gasteiger partial charge on any atom is 0.229 e. The van der Waals surface area contributed by atoms with E-state index in [1.807, 2.05) is 24.0 Å². The van der Waals surface area contributed by atoms with Gasteiger partial charge in [0, 0.05) is 18.2 Å². The molecule has 0 saturated carbocycles. The Labute approximate surface area is 199 Å². The monoisotopic (exact) mass is 460 g/mol. The van der Waals surface area contributed by atoms with Crippen LogP contribution in [0, 0.1) is 31.5 Å². The zero-order valence-corrected chi connectivity index (χ0v) is 21.0. The summed E-state index contributed by atoms with van der Waals surface area (Å²) in [6.45, 7) is 8.00. The number of aryl methyl sites for hydroxylation is 3. The summed E-state index contributed by atoms with van der Waals surface area (Å²) < 4.78 is 14.2. The molecule has 3 nitrogen and oxygen atoms in total. The van der Waals surface area contributed by atoms with Crippen LogP contribution >= 0.6 is 12.4 Å². The maximum absolute atomic E-state index is 14.2. The van der Waals surface area contributed by atoms with E-state index in [-0.39, 0.29) is 36.0 Å². The van der Waals surface area contributed by atoms with Crippen molar-refractivity contribution in [2.45, 2.75) is 52.9 Å². The van der Waals surface area contributed by atoms with E-state index >= 15 is 0 Å². The van der Waals surface area contributed by atoms with Gasteiger partial charge in [-0.05, 0) is 101 Å². The van der Waals surface area contributed by atoms with Gasteiger partial charge in [-0.1, -0.05) is 37.3 Å². The number of hydrogen-bond donors (Lipinski definition) is 0. The lowest BCUT2D eigenvalue weighted by Crippen LogP contribution is -2.46. The minimum atomic E-state index is -0.149. The molecule has 1 saturated heterocycles. The summed E-state index contributed by atoms with van der Waals surface area (Å²) in [5.74, 6) is 0.253. The van der Waals surface area contributed by atoms with Crippen LogP contribution in [0.5, 0.6) is 0 Å². The number of nitrogens with zero attached hydrogens (tertiary/aromatic N) is 2. The van der Waals surface area contributed by atoms with Crippen LogP contribution in [0.4, 0.5) is 10.1 Å². The van der Waals surface area contributed by atoms with Gasteiger partial charge in [-0.2, -0.15) is 0 Å². The number of halogens is 2. The van der Waals surface area contributed by atoms with E-state index in [4.69, 9.17) is 0 Å². The van der Waals surface area contributed by atoms with E-state index in [1.54, 1.807) is 6.07 Å². The lowest BCUT2D eigenvalue weighted by atomic mass is 9.84. The number of benzene rings is 2. The second-order valence-electron chi connectivity index (χ2n) is 9.59. The molecule has 0 N–H and O–H groups in total. The Balaban J connectivity index is 0.00000363. The van der Waals surface area contributed by atoms with Crippen molar-refractivity contribution >= 4 is 24.0 Å². The fourth-order valence-electron chi connectivity index (χ4n) is 4.99. The molecule has 0 aliphatic carbocycles. The van der Waals surface area contributed by atoms with E-state index in [2.05, 4.69) is 45.0 Å². The maximum atomic E-state index is 14.2. The first-order valence-electron chi connectivity index (χ1n) is 11.6. The highest BCUT2D eigenvalue weighted by molar-refractivity contribution is 5.97. The van der Waals surface area contributed by atoms with Crippen molar-refractivity contribution in [1.82, 2.24) is 4.90 Å². The summed E-state index contributed by atoms with van der Waals surface area (Å²) in [5, 5.41) is 0. The van der Waals surface area contributed by atoms with Gasteiger partial charge in [0.2, 0.25) is 5.91 Å². The lowest BCUT2D eigenvalue weighted by molar-refractivity contribution is -0.124. The van der Waals surface area contributed by atoms with Gasteiger partial charge in [0.15, 0.2) is 0 Å². The van der Waals surface area contributed by atoms with Crippen LogP contribution in [0.15, 0.2) is 36.4 Å². The lowest BCUT2D eigenvalue weighted by Gasteiger charge is -2.38. The largest absolute Gasteiger partial charge is 0.311 e. The quantitative estimate of drug-likeness (QED) is 0.452. The second-order valence-corrected chi connectivity index (χ2v) is 9.59. The van der Waals surface area contributed by atoms with E-state index in [9.17, 15) is 9.18 Å². The van der Waals surface area contributed by atoms with Crippen molar-refractivity contribution in [3.05, 3.63) is 64.5 Å². The number of carbonyl (C=O) groups excluding carboxylic acids is 1. The smallest absolute Gasteiger partial charge is 0.229 e. The molecule has 2 aromatic rings. The molecule has 176 valence electrons. The molecule has 1 amide bonds. The Morgan fingerprint density at radius 3 is 2.38 bits per heavy atom. The Morgan fingerprint density at radius 2 is 1.75 bits per heavy atom. The van der Waals surface area contributed by atoms with Crippen LogP contribution in [0.25, 0.3) is 0 Å². The zero-order valence-electron chi connectivity index (χ0n) is 20.2. The first-order valence-corrected chi connectivity index (χ1v) is 11.6. The molecule has 0 radical (unpaired) electrons. The third-order valence-corrected chi connectivity index (χ3v) is 6.42. The average molecular weight is 461 g/mol. The molecule has 0 aromatic heterocycles. The summed E-state index contributed by atoms with van der Waals surface area (Å²) in [4.78, 5) is 17.3. The van der Waals surface area contributed by atoms with Gasteiger partial charge in [0.05, 0.1) is 0 Å². The highest BCUT2D eigenvalue weighted by atomic mass is 35.5. The Morgan fingerprint density at radius 1 is 1.09 bits per heavy atom. The van der Waals surface area contributed by atoms with Crippen LogP contribution in [-0.4, -0.2) is 38.0 Å². The third kappa shape index (κ3) is 6.55. The molecule has 5 heteroatoms. The van der Waals surface area contributed by atoms with Crippen LogP contribution in [0.1, 0.15) is 48.4 Å². The molecular weight excluding hydrogens is 423 g/mol. The molecule has 1 fully saturated rings. The van der Waals surface area contributed by atoms with Gasteiger partial charge in [0.25, 0.3) is 0 Å². The summed E-state index contributed by atoms with van der Waals surface area (Å²) >= 11 is 0. The topological polar surface area (TPSA) is 23.6 Å². The van der Waals surface area contributed by atoms with Crippen molar-refractivity contribution in [1.29, 1.82) is 0 Å². The second kappa shape index (κ2) is 11.8. The third-order valence-electron chi connectivity index (χ3n) is 6.42. The molecule has 1 heterocycles. The van der Waals surface area contributed by atoms with Gasteiger partial charge in [-0.25, -0.2) is 4.39 Å². The normalized spacial score (nSPS) is 18.7. The Kier molecular flexibility index (Phi) is 9.72. The Hall–Kier alpha value is -1.91. The number of anilines is 1. The molecule has 3 rings (SSSR count). The average Bonchev–Trinajstić information content (AvgIpc) is 2.70. The number of piperidine rings is 1. The summed E-state index contributed by atoms with van der Waals surface area (Å²) in [6, 6.07) is 11.5. The van der Waals surface area contributed by atoms with Crippen LogP contribution in [0.2, 0.25) is 0 Å². The molecule has 2 aromatic carbocycles. The number of carbonyl (C=O) groups is 1. The molecular formula is C27H38ClFN2O. The van der Waals surface area contributed by atoms with Crippen LogP contribution in [0.3, 0.4) is 0 Å². The van der Waals surface area contributed by atoms with Crippen molar-refractivity contribution in [2.75, 3.05) is 32.1 Å².